The Morgan fingerprint density at radius 2 is 1.91 bits per heavy atom. The number of carbonyl (C=O) groups is 1. The molecule has 1 unspecified atom stereocenters. The van der Waals surface area contributed by atoms with E-state index in [4.69, 9.17) is 0 Å². The molecule has 22 heavy (non-hydrogen) atoms. The first-order chi connectivity index (χ1) is 10.1. The number of hydrogen-bond acceptors (Lipinski definition) is 1. The molecule has 0 fully saturated rings. The molecule has 0 radical (unpaired) electrons. The van der Waals surface area contributed by atoms with Crippen molar-refractivity contribution in [3.8, 4) is 0 Å². The van der Waals surface area contributed by atoms with Crippen LogP contribution in [-0.4, -0.2) is 31.6 Å². The maximum Gasteiger partial charge on any atom is 0.471 e. The molecule has 1 aliphatic heterocycles. The zero-order chi connectivity index (χ0) is 16.5. The third kappa shape index (κ3) is 4.00. The molecule has 1 atom stereocenters. The highest BCUT2D eigenvalue weighted by Gasteiger charge is 2.44. The number of alkyl halides is 3. The predicted molar refractivity (Wildman–Crippen MR) is 83.1 cm³/mol. The van der Waals surface area contributed by atoms with E-state index in [1.54, 1.807) is 12.1 Å². The van der Waals surface area contributed by atoms with Crippen LogP contribution in [0.5, 0.6) is 0 Å². The van der Waals surface area contributed by atoms with Gasteiger partial charge in [0.25, 0.3) is 0 Å². The molecule has 2 nitrogen and oxygen atoms in total. The molecule has 0 saturated heterocycles. The lowest BCUT2D eigenvalue weighted by Crippen LogP contribution is -2.44. The number of hydrogen-bond donors (Lipinski definition) is 0. The fourth-order valence-electron chi connectivity index (χ4n) is 2.55. The maximum absolute atomic E-state index is 12.7. The topological polar surface area (TPSA) is 20.3 Å². The van der Waals surface area contributed by atoms with Gasteiger partial charge in [-0.3, -0.25) is 4.79 Å². The molecule has 1 heterocycles. The maximum atomic E-state index is 12.7. The molecule has 0 aromatic heterocycles. The first-order valence-corrected chi connectivity index (χ1v) is 10.8. The summed E-state index contributed by atoms with van der Waals surface area (Å²) in [5, 5.41) is 0. The summed E-state index contributed by atoms with van der Waals surface area (Å²) in [6, 6.07) is 7.40. The van der Waals surface area contributed by atoms with Crippen LogP contribution in [0.2, 0.25) is 19.6 Å². The molecule has 1 aliphatic rings. The summed E-state index contributed by atoms with van der Waals surface area (Å²) in [4.78, 5) is 12.5. The zero-order valence-corrected chi connectivity index (χ0v) is 13.9. The minimum atomic E-state index is -4.82. The minimum Gasteiger partial charge on any atom is -0.330 e. The van der Waals surface area contributed by atoms with Crippen LogP contribution in [0.25, 0.3) is 0 Å². The van der Waals surface area contributed by atoms with Crippen molar-refractivity contribution in [2.75, 3.05) is 6.54 Å². The Morgan fingerprint density at radius 1 is 1.27 bits per heavy atom. The van der Waals surface area contributed by atoms with Crippen LogP contribution < -0.4 is 0 Å². The van der Waals surface area contributed by atoms with Gasteiger partial charge in [0.2, 0.25) is 0 Å². The molecular weight excluding hydrogens is 307 g/mol. The summed E-state index contributed by atoms with van der Waals surface area (Å²) < 4.78 is 38.1. The molecule has 2 rings (SSSR count). The van der Waals surface area contributed by atoms with Gasteiger partial charge in [0, 0.05) is 19.0 Å². The molecule has 1 aromatic carbocycles. The van der Waals surface area contributed by atoms with Gasteiger partial charge in [-0.2, -0.15) is 13.2 Å². The van der Waals surface area contributed by atoms with Gasteiger partial charge >= 0.3 is 12.1 Å². The van der Waals surface area contributed by atoms with Gasteiger partial charge in [0.1, 0.15) is 0 Å². The van der Waals surface area contributed by atoms with E-state index in [2.05, 4.69) is 25.3 Å². The van der Waals surface area contributed by atoms with Crippen molar-refractivity contribution < 1.29 is 18.0 Å². The molecule has 1 aromatic rings. The smallest absolute Gasteiger partial charge is 0.330 e. The average Bonchev–Trinajstić information content (AvgIpc) is 2.41. The number of nitrogens with zero attached hydrogens (tertiary/aromatic N) is 1. The van der Waals surface area contributed by atoms with Crippen LogP contribution in [0.15, 0.2) is 36.0 Å². The Balaban J connectivity index is 2.33. The molecule has 120 valence electrons. The number of benzene rings is 1. The molecule has 0 saturated carbocycles. The van der Waals surface area contributed by atoms with Crippen LogP contribution in [0.3, 0.4) is 0 Å². The Labute approximate surface area is 129 Å². The monoisotopic (exact) mass is 327 g/mol. The van der Waals surface area contributed by atoms with Crippen LogP contribution in [-0.2, 0) is 11.3 Å². The van der Waals surface area contributed by atoms with Gasteiger partial charge in [-0.1, -0.05) is 55.7 Å². The van der Waals surface area contributed by atoms with E-state index in [0.717, 1.165) is 16.0 Å². The lowest BCUT2D eigenvalue weighted by molar-refractivity contribution is -0.186. The van der Waals surface area contributed by atoms with Crippen LogP contribution in [0, 0.1) is 0 Å². The van der Waals surface area contributed by atoms with Crippen molar-refractivity contribution in [3.05, 3.63) is 47.2 Å². The van der Waals surface area contributed by atoms with E-state index < -0.39 is 20.2 Å². The van der Waals surface area contributed by atoms with Gasteiger partial charge in [0.15, 0.2) is 0 Å². The van der Waals surface area contributed by atoms with E-state index in [0.29, 0.717) is 0 Å². The highest BCUT2D eigenvalue weighted by atomic mass is 28.3. The second-order valence-corrected chi connectivity index (χ2v) is 11.8. The van der Waals surface area contributed by atoms with Gasteiger partial charge in [-0.15, -0.1) is 0 Å². The van der Waals surface area contributed by atoms with E-state index in [9.17, 15) is 18.0 Å². The van der Waals surface area contributed by atoms with Crippen molar-refractivity contribution in [1.29, 1.82) is 0 Å². The van der Waals surface area contributed by atoms with Crippen LogP contribution >= 0.6 is 0 Å². The second kappa shape index (κ2) is 5.91. The second-order valence-electron chi connectivity index (χ2n) is 6.71. The molecule has 1 amide bonds. The Bertz CT molecular complexity index is 590. The summed E-state index contributed by atoms with van der Waals surface area (Å²) in [5.74, 6) is -1.93. The molecule has 0 aliphatic carbocycles. The molecule has 0 bridgehead atoms. The number of amides is 1. The van der Waals surface area contributed by atoms with Crippen molar-refractivity contribution >= 4 is 14.0 Å². The van der Waals surface area contributed by atoms with Crippen molar-refractivity contribution in [2.24, 2.45) is 0 Å². The standard InChI is InChI=1S/C16H20F3NOSi/c1-22(2,3)9-8-13-11-20(15(21)16(17,18)19)10-12-6-4-5-7-14(12)13/h4-9,13H,10-11H2,1-3H3/b9-8+. The van der Waals surface area contributed by atoms with Crippen molar-refractivity contribution in [1.82, 2.24) is 4.90 Å². The lowest BCUT2D eigenvalue weighted by atomic mass is 9.90. The highest BCUT2D eigenvalue weighted by Crippen LogP contribution is 2.32. The normalized spacial score (nSPS) is 19.4. The predicted octanol–water partition coefficient (Wildman–Crippen LogP) is 4.11. The van der Waals surface area contributed by atoms with Crippen molar-refractivity contribution in [3.63, 3.8) is 0 Å². The fourth-order valence-corrected chi connectivity index (χ4v) is 3.36. The highest BCUT2D eigenvalue weighted by molar-refractivity contribution is 6.80. The Morgan fingerprint density at radius 3 is 2.50 bits per heavy atom. The minimum absolute atomic E-state index is 0.0196. The number of fused-ring (bicyclic) bond motifs is 1. The third-order valence-corrected chi connectivity index (χ3v) is 4.78. The average molecular weight is 327 g/mol. The fraction of sp³-hybridized carbons (Fsp3) is 0.438. The molecular formula is C16H20F3NOSi. The van der Waals surface area contributed by atoms with E-state index in [-0.39, 0.29) is 19.0 Å². The number of rotatable bonds is 2. The zero-order valence-electron chi connectivity index (χ0n) is 12.9. The van der Waals surface area contributed by atoms with Gasteiger partial charge < -0.3 is 4.90 Å². The summed E-state index contributed by atoms with van der Waals surface area (Å²) in [6.45, 7) is 6.59. The van der Waals surface area contributed by atoms with E-state index >= 15 is 0 Å². The van der Waals surface area contributed by atoms with Crippen LogP contribution in [0.4, 0.5) is 13.2 Å². The Hall–Kier alpha value is -1.56. The van der Waals surface area contributed by atoms with Crippen LogP contribution in [0.1, 0.15) is 17.0 Å². The summed E-state index contributed by atoms with van der Waals surface area (Å²) >= 11 is 0. The molecule has 6 heteroatoms. The molecule has 0 spiro atoms. The summed E-state index contributed by atoms with van der Waals surface area (Å²) in [7, 11) is -1.45. The van der Waals surface area contributed by atoms with Gasteiger partial charge in [0.05, 0.1) is 8.07 Å². The largest absolute Gasteiger partial charge is 0.471 e. The van der Waals surface area contributed by atoms with Gasteiger partial charge in [-0.05, 0) is 11.1 Å². The SMILES string of the molecule is C[Si](C)(C)/C=C/C1CN(C(=O)C(F)(F)F)Cc2ccccc21. The van der Waals surface area contributed by atoms with E-state index in [1.807, 2.05) is 18.2 Å². The summed E-state index contributed by atoms with van der Waals surface area (Å²) in [5.41, 5.74) is 3.93. The first-order valence-electron chi connectivity index (χ1n) is 7.21. The quantitative estimate of drug-likeness (QED) is 0.749. The number of halogens is 3. The van der Waals surface area contributed by atoms with Gasteiger partial charge in [-0.25, -0.2) is 0 Å². The van der Waals surface area contributed by atoms with Crippen molar-refractivity contribution in [2.45, 2.75) is 38.3 Å². The number of carbonyl (C=O) groups excluding carboxylic acids is 1. The third-order valence-electron chi connectivity index (χ3n) is 3.59. The lowest BCUT2D eigenvalue weighted by Gasteiger charge is -2.34. The summed E-state index contributed by atoms with van der Waals surface area (Å²) in [6.07, 6.45) is -2.85. The first kappa shape index (κ1) is 16.8. The molecule has 0 N–H and O–H groups in total. The Kier molecular flexibility index (Phi) is 4.51. The van der Waals surface area contributed by atoms with E-state index in [1.165, 1.54) is 0 Å².